The van der Waals surface area contributed by atoms with Crippen molar-refractivity contribution in [3.63, 3.8) is 0 Å². The van der Waals surface area contributed by atoms with Gasteiger partial charge in [0.2, 0.25) is 0 Å². The lowest BCUT2D eigenvalue weighted by atomic mass is 10.1. The molecule has 3 nitrogen and oxygen atoms in total. The Morgan fingerprint density at radius 2 is 2.33 bits per heavy atom. The summed E-state index contributed by atoms with van der Waals surface area (Å²) in [6, 6.07) is 5.15. The van der Waals surface area contributed by atoms with Crippen molar-refractivity contribution in [2.45, 2.75) is 25.5 Å². The average molecular weight is 166 g/mol. The van der Waals surface area contributed by atoms with E-state index in [4.69, 9.17) is 5.73 Å². The Bertz CT molecular complexity index is 225. The van der Waals surface area contributed by atoms with Gasteiger partial charge < -0.3 is 10.8 Å². The molecule has 1 rings (SSSR count). The molecular weight excluding hydrogens is 152 g/mol. The summed E-state index contributed by atoms with van der Waals surface area (Å²) in [7, 11) is 0. The fourth-order valence-electron chi connectivity index (χ4n) is 1.02. The first kappa shape index (κ1) is 9.16. The van der Waals surface area contributed by atoms with Crippen molar-refractivity contribution in [1.82, 2.24) is 4.98 Å². The van der Waals surface area contributed by atoms with Crippen LogP contribution in [0.25, 0.3) is 0 Å². The summed E-state index contributed by atoms with van der Waals surface area (Å²) >= 11 is 0. The van der Waals surface area contributed by atoms with Crippen molar-refractivity contribution < 1.29 is 5.11 Å². The van der Waals surface area contributed by atoms with Crippen molar-refractivity contribution >= 4 is 0 Å². The molecule has 0 amide bonds. The van der Waals surface area contributed by atoms with Gasteiger partial charge >= 0.3 is 0 Å². The lowest BCUT2D eigenvalue weighted by Crippen LogP contribution is -2.26. The van der Waals surface area contributed by atoms with Crippen LogP contribution in [0.2, 0.25) is 0 Å². The molecule has 0 aliphatic rings. The zero-order valence-electron chi connectivity index (χ0n) is 7.14. The van der Waals surface area contributed by atoms with Crippen LogP contribution in [0.4, 0.5) is 0 Å². The van der Waals surface area contributed by atoms with Crippen LogP contribution >= 0.6 is 0 Å². The van der Waals surface area contributed by atoms with E-state index >= 15 is 0 Å². The Morgan fingerprint density at radius 1 is 1.58 bits per heavy atom. The van der Waals surface area contributed by atoms with E-state index in [1.54, 1.807) is 6.20 Å². The highest BCUT2D eigenvalue weighted by atomic mass is 16.3. The van der Waals surface area contributed by atoms with E-state index in [0.717, 1.165) is 5.69 Å². The van der Waals surface area contributed by atoms with E-state index in [1.807, 2.05) is 25.1 Å². The van der Waals surface area contributed by atoms with E-state index in [2.05, 4.69) is 4.98 Å². The summed E-state index contributed by atoms with van der Waals surface area (Å²) in [4.78, 5) is 4.06. The zero-order chi connectivity index (χ0) is 8.97. The number of hydrogen-bond acceptors (Lipinski definition) is 3. The van der Waals surface area contributed by atoms with E-state index < -0.39 is 6.10 Å². The molecular formula is C9H14N2O. The molecule has 3 heteroatoms. The van der Waals surface area contributed by atoms with E-state index in [0.29, 0.717) is 6.42 Å². The molecule has 2 atom stereocenters. The molecule has 0 fully saturated rings. The predicted octanol–water partition coefficient (Wildman–Crippen LogP) is 0.852. The van der Waals surface area contributed by atoms with Crippen LogP contribution in [0.3, 0.4) is 0 Å². The molecule has 3 N–H and O–H groups in total. The Morgan fingerprint density at radius 3 is 2.83 bits per heavy atom. The van der Waals surface area contributed by atoms with Gasteiger partial charge in [-0.2, -0.15) is 0 Å². The van der Waals surface area contributed by atoms with Crippen LogP contribution in [0.15, 0.2) is 24.4 Å². The minimum Gasteiger partial charge on any atom is -0.391 e. The fraction of sp³-hybridized carbons (Fsp3) is 0.444. The minimum atomic E-state index is -0.500. The maximum absolute atomic E-state index is 9.41. The first-order chi connectivity index (χ1) is 5.75. The average Bonchev–Trinajstić information content (AvgIpc) is 2.17. The lowest BCUT2D eigenvalue weighted by Gasteiger charge is -2.15. The van der Waals surface area contributed by atoms with Gasteiger partial charge in [-0.25, -0.2) is 0 Å². The van der Waals surface area contributed by atoms with Crippen molar-refractivity contribution in [2.75, 3.05) is 0 Å². The van der Waals surface area contributed by atoms with Gasteiger partial charge in [-0.05, 0) is 18.6 Å². The minimum absolute atomic E-state index is 0.365. The SMILES string of the molecule is CC[C@H](O)[C@H](N)c1ccccn1. The summed E-state index contributed by atoms with van der Waals surface area (Å²) < 4.78 is 0. The summed E-state index contributed by atoms with van der Waals surface area (Å²) in [5, 5.41) is 9.41. The molecule has 0 bridgehead atoms. The predicted molar refractivity (Wildman–Crippen MR) is 47.5 cm³/mol. The molecule has 0 aliphatic heterocycles. The van der Waals surface area contributed by atoms with Crippen LogP contribution in [0.1, 0.15) is 25.1 Å². The second kappa shape index (κ2) is 4.18. The molecule has 1 heterocycles. The van der Waals surface area contributed by atoms with Crippen molar-refractivity contribution in [3.8, 4) is 0 Å². The molecule has 12 heavy (non-hydrogen) atoms. The van der Waals surface area contributed by atoms with Crippen LogP contribution in [-0.2, 0) is 0 Å². The van der Waals surface area contributed by atoms with E-state index in [-0.39, 0.29) is 6.04 Å². The Hall–Kier alpha value is -0.930. The van der Waals surface area contributed by atoms with Gasteiger partial charge in [0.25, 0.3) is 0 Å². The monoisotopic (exact) mass is 166 g/mol. The molecule has 0 aliphatic carbocycles. The van der Waals surface area contributed by atoms with Gasteiger partial charge in [-0.1, -0.05) is 13.0 Å². The largest absolute Gasteiger partial charge is 0.391 e. The number of aliphatic hydroxyl groups excluding tert-OH is 1. The molecule has 0 aromatic carbocycles. The van der Waals surface area contributed by atoms with Crippen molar-refractivity contribution in [3.05, 3.63) is 30.1 Å². The van der Waals surface area contributed by atoms with Crippen molar-refractivity contribution in [1.29, 1.82) is 0 Å². The lowest BCUT2D eigenvalue weighted by molar-refractivity contribution is 0.139. The topological polar surface area (TPSA) is 59.1 Å². The Labute approximate surface area is 72.2 Å². The normalized spacial score (nSPS) is 15.6. The van der Waals surface area contributed by atoms with E-state index in [9.17, 15) is 5.11 Å². The zero-order valence-corrected chi connectivity index (χ0v) is 7.14. The number of nitrogens with zero attached hydrogens (tertiary/aromatic N) is 1. The maximum atomic E-state index is 9.41. The number of rotatable bonds is 3. The second-order valence-electron chi connectivity index (χ2n) is 2.76. The van der Waals surface area contributed by atoms with E-state index in [1.165, 1.54) is 0 Å². The van der Waals surface area contributed by atoms with Crippen molar-refractivity contribution in [2.24, 2.45) is 5.73 Å². The third-order valence-electron chi connectivity index (χ3n) is 1.86. The fourth-order valence-corrected chi connectivity index (χ4v) is 1.02. The number of aromatic nitrogens is 1. The first-order valence-electron chi connectivity index (χ1n) is 4.10. The van der Waals surface area contributed by atoms with Gasteiger partial charge in [-0.3, -0.25) is 4.98 Å². The summed E-state index contributed by atoms with van der Waals surface area (Å²) in [5.74, 6) is 0. The number of aliphatic hydroxyl groups is 1. The van der Waals surface area contributed by atoms with Gasteiger partial charge in [-0.15, -0.1) is 0 Å². The quantitative estimate of drug-likeness (QED) is 0.700. The van der Waals surface area contributed by atoms with Gasteiger partial charge in [0, 0.05) is 6.20 Å². The molecule has 0 radical (unpaired) electrons. The number of nitrogens with two attached hydrogens (primary N) is 1. The molecule has 0 saturated heterocycles. The number of hydrogen-bond donors (Lipinski definition) is 2. The smallest absolute Gasteiger partial charge is 0.0745 e. The standard InChI is InChI=1S/C9H14N2O/c1-2-8(12)9(10)7-5-3-4-6-11-7/h3-6,8-9,12H,2,10H2,1H3/t8-,9+/m0/s1. The van der Waals surface area contributed by atoms with Crippen LogP contribution in [0.5, 0.6) is 0 Å². The second-order valence-corrected chi connectivity index (χ2v) is 2.76. The molecule has 0 spiro atoms. The third kappa shape index (κ3) is 2.03. The molecule has 66 valence electrons. The molecule has 0 unspecified atom stereocenters. The molecule has 1 aromatic rings. The molecule has 1 aromatic heterocycles. The summed E-state index contributed by atoms with van der Waals surface area (Å²) in [6.07, 6.45) is 1.83. The maximum Gasteiger partial charge on any atom is 0.0745 e. The molecule has 0 saturated carbocycles. The van der Waals surface area contributed by atoms with Crippen LogP contribution in [-0.4, -0.2) is 16.2 Å². The third-order valence-corrected chi connectivity index (χ3v) is 1.86. The highest BCUT2D eigenvalue weighted by Crippen LogP contribution is 2.12. The highest BCUT2D eigenvalue weighted by Gasteiger charge is 2.14. The Kier molecular flexibility index (Phi) is 3.19. The Balaban J connectivity index is 2.71. The highest BCUT2D eigenvalue weighted by molar-refractivity contribution is 5.09. The van der Waals surface area contributed by atoms with Gasteiger partial charge in [0.1, 0.15) is 0 Å². The van der Waals surface area contributed by atoms with Crippen LogP contribution < -0.4 is 5.73 Å². The summed E-state index contributed by atoms with van der Waals surface area (Å²) in [6.45, 7) is 1.90. The van der Waals surface area contributed by atoms with Crippen LogP contribution in [0, 0.1) is 0 Å². The van der Waals surface area contributed by atoms with Gasteiger partial charge in [0.05, 0.1) is 17.8 Å². The summed E-state index contributed by atoms with van der Waals surface area (Å²) in [5.41, 5.74) is 6.48. The number of pyridine rings is 1. The van der Waals surface area contributed by atoms with Gasteiger partial charge in [0.15, 0.2) is 0 Å². The first-order valence-corrected chi connectivity index (χ1v) is 4.10.